The molecule has 0 fully saturated rings. The maximum Gasteiger partial charge on any atom is 0.261 e. The van der Waals surface area contributed by atoms with E-state index < -0.39 is 0 Å². The molecule has 0 unspecified atom stereocenters. The van der Waals surface area contributed by atoms with E-state index in [1.165, 1.54) is 0 Å². The van der Waals surface area contributed by atoms with Crippen LogP contribution in [0.1, 0.15) is 5.56 Å². The molecule has 0 aliphatic rings. The van der Waals surface area contributed by atoms with E-state index in [0.717, 1.165) is 10.0 Å². The first-order valence-electron chi connectivity index (χ1n) is 5.77. The monoisotopic (exact) mass is 315 g/mol. The molecule has 2 aromatic heterocycles. The van der Waals surface area contributed by atoms with Crippen LogP contribution in [0.3, 0.4) is 0 Å². The number of aromatic nitrogens is 3. The topological polar surface area (TPSA) is 47.8 Å². The Morgan fingerprint density at radius 3 is 2.95 bits per heavy atom. The van der Waals surface area contributed by atoms with Crippen LogP contribution in [0.15, 0.2) is 58.3 Å². The third-order valence-electron chi connectivity index (χ3n) is 2.86. The van der Waals surface area contributed by atoms with Crippen molar-refractivity contribution in [2.45, 2.75) is 6.54 Å². The van der Waals surface area contributed by atoms with Crippen molar-refractivity contribution < 1.29 is 0 Å². The Kier molecular flexibility index (Phi) is 3.13. The van der Waals surface area contributed by atoms with Crippen molar-refractivity contribution in [3.05, 3.63) is 69.4 Å². The molecule has 0 atom stereocenters. The highest BCUT2D eigenvalue weighted by Crippen LogP contribution is 2.15. The summed E-state index contributed by atoms with van der Waals surface area (Å²) in [6.45, 7) is 0.474. The first kappa shape index (κ1) is 12.0. The molecule has 1 aromatic carbocycles. The maximum absolute atomic E-state index is 12.4. The maximum atomic E-state index is 12.4. The molecule has 5 heteroatoms. The third kappa shape index (κ3) is 2.42. The van der Waals surface area contributed by atoms with E-state index in [4.69, 9.17) is 0 Å². The molecule has 94 valence electrons. The number of fused-ring (bicyclic) bond motifs is 1. The summed E-state index contributed by atoms with van der Waals surface area (Å²) in [7, 11) is 0. The summed E-state index contributed by atoms with van der Waals surface area (Å²) < 4.78 is 2.46. The number of pyridine rings is 1. The molecule has 4 nitrogen and oxygen atoms in total. The molecule has 0 amide bonds. The SMILES string of the molecule is O=c1c2cc(Br)ccc2ncn1Cc1cccnc1. The minimum absolute atomic E-state index is 0.0462. The van der Waals surface area contributed by atoms with Gasteiger partial charge in [0.25, 0.3) is 5.56 Å². The molecule has 0 aliphatic carbocycles. The Morgan fingerprint density at radius 2 is 2.16 bits per heavy atom. The second-order valence-corrected chi connectivity index (χ2v) is 5.12. The van der Waals surface area contributed by atoms with E-state index in [9.17, 15) is 4.79 Å². The predicted molar refractivity (Wildman–Crippen MR) is 77.0 cm³/mol. The molecular formula is C14H10BrN3O. The van der Waals surface area contributed by atoms with Gasteiger partial charge in [0.2, 0.25) is 0 Å². The van der Waals surface area contributed by atoms with Gasteiger partial charge < -0.3 is 0 Å². The highest BCUT2D eigenvalue weighted by atomic mass is 79.9. The van der Waals surface area contributed by atoms with E-state index in [1.54, 1.807) is 29.4 Å². The van der Waals surface area contributed by atoms with Gasteiger partial charge in [-0.1, -0.05) is 22.0 Å². The van der Waals surface area contributed by atoms with Crippen LogP contribution < -0.4 is 5.56 Å². The summed E-state index contributed by atoms with van der Waals surface area (Å²) >= 11 is 3.37. The summed E-state index contributed by atoms with van der Waals surface area (Å²) in [5.74, 6) is 0. The van der Waals surface area contributed by atoms with Crippen LogP contribution in [0.5, 0.6) is 0 Å². The number of nitrogens with zero attached hydrogens (tertiary/aromatic N) is 3. The molecule has 0 radical (unpaired) electrons. The van der Waals surface area contributed by atoms with E-state index in [2.05, 4.69) is 25.9 Å². The average molecular weight is 316 g/mol. The van der Waals surface area contributed by atoms with Crippen molar-refractivity contribution >= 4 is 26.8 Å². The molecule has 0 spiro atoms. The Balaban J connectivity index is 2.10. The Bertz CT molecular complexity index is 784. The molecule has 0 N–H and O–H groups in total. The Labute approximate surface area is 117 Å². The molecule has 0 aliphatic heterocycles. The van der Waals surface area contributed by atoms with Crippen LogP contribution >= 0.6 is 15.9 Å². The van der Waals surface area contributed by atoms with Crippen molar-refractivity contribution in [1.82, 2.24) is 14.5 Å². The zero-order chi connectivity index (χ0) is 13.2. The van der Waals surface area contributed by atoms with Crippen molar-refractivity contribution in [3.63, 3.8) is 0 Å². The van der Waals surface area contributed by atoms with Gasteiger partial charge in [-0.2, -0.15) is 0 Å². The molecule has 0 saturated carbocycles. The van der Waals surface area contributed by atoms with Crippen LogP contribution in [0.25, 0.3) is 10.9 Å². The lowest BCUT2D eigenvalue weighted by Gasteiger charge is -2.06. The van der Waals surface area contributed by atoms with E-state index in [1.807, 2.05) is 24.3 Å². The summed E-state index contributed by atoms with van der Waals surface area (Å²) in [5, 5.41) is 0.612. The van der Waals surface area contributed by atoms with Crippen LogP contribution in [0, 0.1) is 0 Å². The van der Waals surface area contributed by atoms with Gasteiger partial charge in [0.15, 0.2) is 0 Å². The molecule has 0 saturated heterocycles. The summed E-state index contributed by atoms with van der Waals surface area (Å²) in [6.07, 6.45) is 5.03. The van der Waals surface area contributed by atoms with Gasteiger partial charge in [-0.05, 0) is 29.8 Å². The number of benzene rings is 1. The smallest absolute Gasteiger partial charge is 0.261 e. The van der Waals surface area contributed by atoms with Gasteiger partial charge in [0, 0.05) is 16.9 Å². The minimum Gasteiger partial charge on any atom is -0.294 e. The fraction of sp³-hybridized carbons (Fsp3) is 0.0714. The van der Waals surface area contributed by atoms with E-state index in [-0.39, 0.29) is 5.56 Å². The van der Waals surface area contributed by atoms with Gasteiger partial charge in [-0.3, -0.25) is 14.3 Å². The normalized spacial score (nSPS) is 10.8. The number of halogens is 1. The zero-order valence-corrected chi connectivity index (χ0v) is 11.5. The lowest BCUT2D eigenvalue weighted by Crippen LogP contribution is -2.21. The summed E-state index contributed by atoms with van der Waals surface area (Å²) in [4.78, 5) is 20.7. The van der Waals surface area contributed by atoms with Crippen molar-refractivity contribution in [3.8, 4) is 0 Å². The summed E-state index contributed by atoms with van der Waals surface area (Å²) in [6, 6.07) is 9.29. The molecule has 3 aromatic rings. The van der Waals surface area contributed by atoms with Gasteiger partial charge in [-0.25, -0.2) is 4.98 Å². The number of hydrogen-bond acceptors (Lipinski definition) is 3. The van der Waals surface area contributed by atoms with Gasteiger partial charge in [-0.15, -0.1) is 0 Å². The average Bonchev–Trinajstić information content (AvgIpc) is 2.44. The van der Waals surface area contributed by atoms with Crippen molar-refractivity contribution in [2.24, 2.45) is 0 Å². The first-order chi connectivity index (χ1) is 9.24. The first-order valence-corrected chi connectivity index (χ1v) is 6.57. The van der Waals surface area contributed by atoms with Gasteiger partial charge in [0.1, 0.15) is 0 Å². The zero-order valence-electron chi connectivity index (χ0n) is 9.95. The molecule has 3 rings (SSSR count). The van der Waals surface area contributed by atoms with Crippen LogP contribution in [-0.4, -0.2) is 14.5 Å². The highest BCUT2D eigenvalue weighted by molar-refractivity contribution is 9.10. The van der Waals surface area contributed by atoms with Crippen molar-refractivity contribution in [1.29, 1.82) is 0 Å². The van der Waals surface area contributed by atoms with E-state index >= 15 is 0 Å². The molecular weight excluding hydrogens is 306 g/mol. The summed E-state index contributed by atoms with van der Waals surface area (Å²) in [5.41, 5.74) is 1.63. The molecule has 0 bridgehead atoms. The largest absolute Gasteiger partial charge is 0.294 e. The van der Waals surface area contributed by atoms with Crippen LogP contribution in [-0.2, 0) is 6.54 Å². The Hall–Kier alpha value is -2.01. The third-order valence-corrected chi connectivity index (χ3v) is 3.36. The second-order valence-electron chi connectivity index (χ2n) is 4.20. The van der Waals surface area contributed by atoms with Crippen LogP contribution in [0.2, 0.25) is 0 Å². The molecule has 19 heavy (non-hydrogen) atoms. The van der Waals surface area contributed by atoms with Gasteiger partial charge >= 0.3 is 0 Å². The van der Waals surface area contributed by atoms with Gasteiger partial charge in [0.05, 0.1) is 23.8 Å². The lowest BCUT2D eigenvalue weighted by molar-refractivity contribution is 0.745. The quantitative estimate of drug-likeness (QED) is 0.730. The van der Waals surface area contributed by atoms with Crippen LogP contribution in [0.4, 0.5) is 0 Å². The minimum atomic E-state index is -0.0462. The fourth-order valence-electron chi connectivity index (χ4n) is 1.93. The lowest BCUT2D eigenvalue weighted by atomic mass is 10.2. The van der Waals surface area contributed by atoms with E-state index in [0.29, 0.717) is 17.4 Å². The number of rotatable bonds is 2. The Morgan fingerprint density at radius 1 is 1.26 bits per heavy atom. The predicted octanol–water partition coefficient (Wildman–Crippen LogP) is 2.60. The molecule has 2 heterocycles. The highest BCUT2D eigenvalue weighted by Gasteiger charge is 2.05. The number of hydrogen-bond donors (Lipinski definition) is 0. The fourth-order valence-corrected chi connectivity index (χ4v) is 2.29. The van der Waals surface area contributed by atoms with Crippen molar-refractivity contribution in [2.75, 3.05) is 0 Å². The standard InChI is InChI=1S/C14H10BrN3O/c15-11-3-4-13-12(6-11)14(19)18(9-17-13)8-10-2-1-5-16-7-10/h1-7,9H,8H2. The second kappa shape index (κ2) is 4.93.